The Morgan fingerprint density at radius 3 is 2.48 bits per heavy atom. The Balaban J connectivity index is 1.54. The molecule has 0 aliphatic heterocycles. The van der Waals surface area contributed by atoms with Gasteiger partial charge in [-0.15, -0.1) is 20.4 Å². The van der Waals surface area contributed by atoms with Gasteiger partial charge in [-0.2, -0.15) is 0 Å². The molecule has 0 aliphatic carbocycles. The Morgan fingerprint density at radius 1 is 0.880 bits per heavy atom. The third kappa shape index (κ3) is 3.47. The molecular formula is C19H18N6. The van der Waals surface area contributed by atoms with Crippen molar-refractivity contribution >= 4 is 16.9 Å². The SMILES string of the molecule is c1ccc(Cn2cc(CCNc3nncnn3)c3ccccc32)cc1. The largest absolute Gasteiger partial charge is 0.351 e. The molecule has 0 fully saturated rings. The van der Waals surface area contributed by atoms with Gasteiger partial charge in [0.1, 0.15) is 0 Å². The maximum atomic E-state index is 3.89. The summed E-state index contributed by atoms with van der Waals surface area (Å²) in [6.07, 6.45) is 4.44. The lowest BCUT2D eigenvalue weighted by molar-refractivity contribution is 0.824. The molecule has 2 aromatic carbocycles. The Hall–Kier alpha value is -3.28. The molecule has 0 saturated carbocycles. The summed E-state index contributed by atoms with van der Waals surface area (Å²) in [5.41, 5.74) is 3.85. The van der Waals surface area contributed by atoms with E-state index in [-0.39, 0.29) is 0 Å². The fourth-order valence-corrected chi connectivity index (χ4v) is 3.02. The highest BCUT2D eigenvalue weighted by Gasteiger charge is 2.08. The average Bonchev–Trinajstić information content (AvgIpc) is 3.01. The Morgan fingerprint density at radius 2 is 1.64 bits per heavy atom. The van der Waals surface area contributed by atoms with Gasteiger partial charge in [0.2, 0.25) is 0 Å². The van der Waals surface area contributed by atoms with Crippen LogP contribution in [0.1, 0.15) is 11.1 Å². The normalized spacial score (nSPS) is 10.9. The molecule has 2 aromatic heterocycles. The summed E-state index contributed by atoms with van der Waals surface area (Å²) in [4.78, 5) is 0. The summed E-state index contributed by atoms with van der Waals surface area (Å²) in [5, 5.41) is 19.7. The van der Waals surface area contributed by atoms with Gasteiger partial charge in [-0.05, 0) is 23.6 Å². The van der Waals surface area contributed by atoms with Crippen molar-refractivity contribution in [3.8, 4) is 0 Å². The Bertz CT molecular complexity index is 949. The monoisotopic (exact) mass is 330 g/mol. The van der Waals surface area contributed by atoms with Crippen LogP contribution in [0.4, 0.5) is 5.95 Å². The second kappa shape index (κ2) is 7.09. The van der Waals surface area contributed by atoms with Gasteiger partial charge in [0.25, 0.3) is 5.95 Å². The van der Waals surface area contributed by atoms with E-state index in [4.69, 9.17) is 0 Å². The van der Waals surface area contributed by atoms with Crippen LogP contribution in [-0.4, -0.2) is 31.5 Å². The first-order valence-electron chi connectivity index (χ1n) is 8.25. The van der Waals surface area contributed by atoms with Gasteiger partial charge in [0.15, 0.2) is 6.33 Å². The lowest BCUT2D eigenvalue weighted by atomic mass is 10.1. The standard InChI is InChI=1S/C19H18N6/c1-2-6-15(7-3-1)12-25-13-16(17-8-4-5-9-18(17)25)10-11-20-19-23-21-14-22-24-19/h1-9,13-14H,10-12H2,(H,20,23,24). The molecule has 6 heteroatoms. The van der Waals surface area contributed by atoms with Crippen LogP contribution in [0.2, 0.25) is 0 Å². The van der Waals surface area contributed by atoms with Crippen molar-refractivity contribution in [2.45, 2.75) is 13.0 Å². The van der Waals surface area contributed by atoms with Crippen LogP contribution in [0.25, 0.3) is 10.9 Å². The van der Waals surface area contributed by atoms with Gasteiger partial charge in [-0.3, -0.25) is 0 Å². The minimum atomic E-state index is 0.454. The van der Waals surface area contributed by atoms with Crippen LogP contribution in [0.3, 0.4) is 0 Å². The summed E-state index contributed by atoms with van der Waals surface area (Å²) in [5.74, 6) is 0.454. The van der Waals surface area contributed by atoms with Gasteiger partial charge < -0.3 is 9.88 Å². The summed E-state index contributed by atoms with van der Waals surface area (Å²) in [6.45, 7) is 1.59. The molecule has 2 heterocycles. The minimum Gasteiger partial charge on any atom is -0.351 e. The van der Waals surface area contributed by atoms with E-state index in [0.717, 1.165) is 19.5 Å². The van der Waals surface area contributed by atoms with Crippen LogP contribution in [0.15, 0.2) is 67.1 Å². The summed E-state index contributed by atoms with van der Waals surface area (Å²) in [7, 11) is 0. The number of nitrogens with zero attached hydrogens (tertiary/aromatic N) is 5. The summed E-state index contributed by atoms with van der Waals surface area (Å²) >= 11 is 0. The summed E-state index contributed by atoms with van der Waals surface area (Å²) in [6, 6.07) is 19.0. The Kier molecular flexibility index (Phi) is 4.33. The van der Waals surface area contributed by atoms with Crippen molar-refractivity contribution in [3.05, 3.63) is 78.2 Å². The number of nitrogens with one attached hydrogen (secondary N) is 1. The minimum absolute atomic E-state index is 0.454. The highest BCUT2D eigenvalue weighted by molar-refractivity contribution is 5.84. The number of anilines is 1. The fraction of sp³-hybridized carbons (Fsp3) is 0.158. The molecule has 0 bridgehead atoms. The highest BCUT2D eigenvalue weighted by atomic mass is 15.3. The van der Waals surface area contributed by atoms with Crippen LogP contribution < -0.4 is 5.32 Å². The molecule has 0 saturated heterocycles. The van der Waals surface area contributed by atoms with E-state index in [1.54, 1.807) is 0 Å². The number of hydrogen-bond acceptors (Lipinski definition) is 5. The van der Waals surface area contributed by atoms with Gasteiger partial charge >= 0.3 is 0 Å². The van der Waals surface area contributed by atoms with Gasteiger partial charge in [0.05, 0.1) is 0 Å². The number of aromatic nitrogens is 5. The zero-order valence-electron chi connectivity index (χ0n) is 13.7. The number of para-hydroxylation sites is 1. The average molecular weight is 330 g/mol. The smallest absolute Gasteiger partial charge is 0.262 e. The van der Waals surface area contributed by atoms with Crippen LogP contribution in [0, 0.1) is 0 Å². The van der Waals surface area contributed by atoms with Crippen molar-refractivity contribution in [1.29, 1.82) is 0 Å². The highest BCUT2D eigenvalue weighted by Crippen LogP contribution is 2.23. The fourth-order valence-electron chi connectivity index (χ4n) is 3.02. The zero-order valence-corrected chi connectivity index (χ0v) is 13.7. The summed E-state index contributed by atoms with van der Waals surface area (Å²) < 4.78 is 2.31. The van der Waals surface area contributed by atoms with E-state index >= 15 is 0 Å². The lowest BCUT2D eigenvalue weighted by Gasteiger charge is -2.05. The molecule has 0 unspecified atom stereocenters. The van der Waals surface area contributed by atoms with Crippen molar-refractivity contribution in [3.63, 3.8) is 0 Å². The molecule has 0 spiro atoms. The first kappa shape index (κ1) is 15.3. The molecular weight excluding hydrogens is 312 g/mol. The molecule has 0 aliphatic rings. The predicted octanol–water partition coefficient (Wildman–Crippen LogP) is 2.92. The van der Waals surface area contributed by atoms with E-state index < -0.39 is 0 Å². The van der Waals surface area contributed by atoms with Crippen molar-refractivity contribution < 1.29 is 0 Å². The second-order valence-electron chi connectivity index (χ2n) is 5.83. The van der Waals surface area contributed by atoms with Gasteiger partial charge in [-0.25, -0.2) is 0 Å². The zero-order chi connectivity index (χ0) is 16.9. The maximum absolute atomic E-state index is 3.89. The molecule has 4 rings (SSSR count). The maximum Gasteiger partial charge on any atom is 0.262 e. The third-order valence-electron chi connectivity index (χ3n) is 4.15. The molecule has 0 atom stereocenters. The lowest BCUT2D eigenvalue weighted by Crippen LogP contribution is -2.09. The topological polar surface area (TPSA) is 68.5 Å². The number of fused-ring (bicyclic) bond motifs is 1. The first-order chi connectivity index (χ1) is 12.4. The van der Waals surface area contributed by atoms with E-state index in [2.05, 4.69) is 85.0 Å². The number of benzene rings is 2. The van der Waals surface area contributed by atoms with Crippen LogP contribution in [0.5, 0.6) is 0 Å². The molecule has 124 valence electrons. The van der Waals surface area contributed by atoms with Gasteiger partial charge in [0, 0.05) is 30.2 Å². The second-order valence-corrected chi connectivity index (χ2v) is 5.83. The van der Waals surface area contributed by atoms with E-state index in [1.165, 1.54) is 28.4 Å². The van der Waals surface area contributed by atoms with Crippen LogP contribution >= 0.6 is 0 Å². The van der Waals surface area contributed by atoms with Crippen molar-refractivity contribution in [1.82, 2.24) is 25.0 Å². The van der Waals surface area contributed by atoms with E-state index in [9.17, 15) is 0 Å². The third-order valence-corrected chi connectivity index (χ3v) is 4.15. The van der Waals surface area contributed by atoms with Gasteiger partial charge in [-0.1, -0.05) is 48.5 Å². The molecule has 0 radical (unpaired) electrons. The molecule has 0 amide bonds. The predicted molar refractivity (Wildman–Crippen MR) is 97.3 cm³/mol. The Labute approximate surface area is 145 Å². The quantitative estimate of drug-likeness (QED) is 0.589. The van der Waals surface area contributed by atoms with E-state index in [0.29, 0.717) is 5.95 Å². The molecule has 4 aromatic rings. The van der Waals surface area contributed by atoms with Crippen molar-refractivity contribution in [2.24, 2.45) is 0 Å². The number of rotatable bonds is 6. The first-order valence-corrected chi connectivity index (χ1v) is 8.25. The van der Waals surface area contributed by atoms with E-state index in [1.807, 2.05) is 6.07 Å². The molecule has 1 N–H and O–H groups in total. The van der Waals surface area contributed by atoms with Crippen LogP contribution in [-0.2, 0) is 13.0 Å². The molecule has 25 heavy (non-hydrogen) atoms. The number of hydrogen-bond donors (Lipinski definition) is 1. The van der Waals surface area contributed by atoms with Crippen molar-refractivity contribution in [2.75, 3.05) is 11.9 Å². The molecule has 6 nitrogen and oxygen atoms in total.